The highest BCUT2D eigenvalue weighted by atomic mass is 28.2. The van der Waals surface area contributed by atoms with Crippen molar-refractivity contribution in [1.82, 2.24) is 15.6 Å². The normalized spacial score (nSPS) is 14.6. The molecule has 0 saturated carbocycles. The van der Waals surface area contributed by atoms with E-state index in [-0.39, 0.29) is 10.8 Å². The van der Waals surface area contributed by atoms with Crippen LogP contribution in [0.3, 0.4) is 0 Å². The summed E-state index contributed by atoms with van der Waals surface area (Å²) in [6.45, 7) is 17.8. The maximum atomic E-state index is 3.69. The minimum atomic E-state index is -0.433. The van der Waals surface area contributed by atoms with Crippen LogP contribution in [0.25, 0.3) is 0 Å². The number of hydrogen-bond donors (Lipinski definition) is 3. The molecule has 0 aliphatic carbocycles. The van der Waals surface area contributed by atoms with Gasteiger partial charge in [-0.25, -0.2) is 0 Å². The minimum absolute atomic E-state index is 0.0790. The molecule has 0 aliphatic heterocycles. The van der Waals surface area contributed by atoms with E-state index in [2.05, 4.69) is 71.0 Å². The molecule has 0 rings (SSSR count). The first-order valence-electron chi connectivity index (χ1n) is 6.34. The molecule has 0 saturated heterocycles. The van der Waals surface area contributed by atoms with Crippen LogP contribution in [0.15, 0.2) is 0 Å². The molecule has 0 unspecified atom stereocenters. The van der Waals surface area contributed by atoms with Gasteiger partial charge in [0.15, 0.2) is 0 Å². The summed E-state index contributed by atoms with van der Waals surface area (Å²) in [6.07, 6.45) is 0. The predicted octanol–water partition coefficient (Wildman–Crippen LogP) is 1.13. The molecule has 0 aromatic rings. The van der Waals surface area contributed by atoms with Crippen LogP contribution in [0.1, 0.15) is 55.4 Å². The molecule has 0 aromatic carbocycles. The Labute approximate surface area is 104 Å². The molecule has 0 fully saturated rings. The molecule has 0 aromatic heterocycles. The van der Waals surface area contributed by atoms with Crippen molar-refractivity contribution >= 4 is 9.68 Å². The van der Waals surface area contributed by atoms with Crippen LogP contribution in [0.4, 0.5) is 0 Å². The average molecular weight is 245 g/mol. The first-order chi connectivity index (χ1) is 7.04. The topological polar surface area (TPSA) is 36.1 Å². The Bertz CT molecular complexity index is 187. The molecule has 0 heterocycles. The van der Waals surface area contributed by atoms with Crippen molar-refractivity contribution in [3.63, 3.8) is 0 Å². The van der Waals surface area contributed by atoms with Gasteiger partial charge in [0.2, 0.25) is 0 Å². The zero-order valence-corrected chi connectivity index (χ0v) is 13.8. The second-order valence-corrected chi connectivity index (χ2v) is 8.66. The molecule has 0 spiro atoms. The van der Waals surface area contributed by atoms with Crippen LogP contribution in [0.2, 0.25) is 0 Å². The summed E-state index contributed by atoms with van der Waals surface area (Å²) in [5.41, 5.74) is 0.213. The summed E-state index contributed by atoms with van der Waals surface area (Å²) in [5, 5.41) is 7.38. The lowest BCUT2D eigenvalue weighted by molar-refractivity contribution is 0.330. The second-order valence-electron chi connectivity index (χ2n) is 6.53. The quantitative estimate of drug-likeness (QED) is 0.485. The Balaban J connectivity index is 4.41. The Kier molecular flexibility index (Phi) is 6.18. The SMILES string of the molecule is CC(C)NC(C)(NC(C)C)[SiH2]NC(C)(C)C. The number of rotatable bonds is 6. The van der Waals surface area contributed by atoms with Crippen LogP contribution in [0, 0.1) is 0 Å². The molecule has 0 atom stereocenters. The van der Waals surface area contributed by atoms with Gasteiger partial charge in [-0.05, 0) is 55.4 Å². The van der Waals surface area contributed by atoms with Gasteiger partial charge in [-0.15, -0.1) is 0 Å². The number of nitrogens with one attached hydrogen (secondary N) is 3. The van der Waals surface area contributed by atoms with Crippen LogP contribution in [-0.2, 0) is 0 Å². The van der Waals surface area contributed by atoms with Crippen molar-refractivity contribution in [2.75, 3.05) is 0 Å². The molecule has 4 heteroatoms. The Morgan fingerprint density at radius 2 is 1.19 bits per heavy atom. The van der Waals surface area contributed by atoms with E-state index in [1.807, 2.05) is 0 Å². The van der Waals surface area contributed by atoms with E-state index in [0.717, 1.165) is 0 Å². The second kappa shape index (κ2) is 6.14. The van der Waals surface area contributed by atoms with Crippen molar-refractivity contribution in [3.8, 4) is 0 Å². The lowest BCUT2D eigenvalue weighted by Gasteiger charge is -2.38. The summed E-state index contributed by atoms with van der Waals surface area (Å²) in [6, 6.07) is 1.01. The molecule has 98 valence electrons. The summed E-state index contributed by atoms with van der Waals surface area (Å²) in [5.74, 6) is 0. The van der Waals surface area contributed by atoms with Crippen LogP contribution >= 0.6 is 0 Å². The van der Waals surface area contributed by atoms with E-state index >= 15 is 0 Å². The van der Waals surface area contributed by atoms with Crippen molar-refractivity contribution in [2.45, 2.75) is 78.3 Å². The molecule has 3 nitrogen and oxygen atoms in total. The summed E-state index contributed by atoms with van der Waals surface area (Å²) < 4.78 is 0. The highest BCUT2D eigenvalue weighted by Gasteiger charge is 2.27. The van der Waals surface area contributed by atoms with Gasteiger partial charge in [0.25, 0.3) is 0 Å². The summed E-state index contributed by atoms with van der Waals surface area (Å²) in [4.78, 5) is 3.69. The molecule has 16 heavy (non-hydrogen) atoms. The molecule has 0 bridgehead atoms. The van der Waals surface area contributed by atoms with Crippen molar-refractivity contribution in [1.29, 1.82) is 0 Å². The van der Waals surface area contributed by atoms with Gasteiger partial charge in [-0.3, -0.25) is 10.6 Å². The first kappa shape index (κ1) is 16.1. The largest absolute Gasteiger partial charge is 0.335 e. The Morgan fingerprint density at radius 1 is 0.812 bits per heavy atom. The highest BCUT2D eigenvalue weighted by Crippen LogP contribution is 2.04. The zero-order chi connectivity index (χ0) is 13.0. The monoisotopic (exact) mass is 245 g/mol. The van der Waals surface area contributed by atoms with E-state index in [9.17, 15) is 0 Å². The molecular weight excluding hydrogens is 214 g/mol. The van der Waals surface area contributed by atoms with Crippen LogP contribution in [-0.4, -0.2) is 32.6 Å². The van der Waals surface area contributed by atoms with Crippen molar-refractivity contribution in [3.05, 3.63) is 0 Å². The van der Waals surface area contributed by atoms with Crippen molar-refractivity contribution < 1.29 is 0 Å². The molecule has 0 amide bonds. The fourth-order valence-electron chi connectivity index (χ4n) is 1.86. The summed E-state index contributed by atoms with van der Waals surface area (Å²) >= 11 is 0. The minimum Gasteiger partial charge on any atom is -0.335 e. The van der Waals surface area contributed by atoms with E-state index in [1.165, 1.54) is 0 Å². The molecular formula is C12H31N3Si. The summed E-state index contributed by atoms with van der Waals surface area (Å²) in [7, 11) is -0.433. The van der Waals surface area contributed by atoms with Crippen molar-refractivity contribution in [2.24, 2.45) is 0 Å². The average Bonchev–Trinajstić information content (AvgIpc) is 1.96. The van der Waals surface area contributed by atoms with E-state index < -0.39 is 9.68 Å². The fourth-order valence-corrected chi connectivity index (χ4v) is 3.76. The zero-order valence-electron chi connectivity index (χ0n) is 12.4. The van der Waals surface area contributed by atoms with E-state index in [1.54, 1.807) is 0 Å². The van der Waals surface area contributed by atoms with E-state index in [4.69, 9.17) is 0 Å². The fraction of sp³-hybridized carbons (Fsp3) is 1.00. The predicted molar refractivity (Wildman–Crippen MR) is 76.4 cm³/mol. The van der Waals surface area contributed by atoms with Gasteiger partial charge >= 0.3 is 0 Å². The van der Waals surface area contributed by atoms with Gasteiger partial charge in [0, 0.05) is 17.6 Å². The molecule has 3 N–H and O–H groups in total. The Hall–Kier alpha value is 0.0969. The third-order valence-electron chi connectivity index (χ3n) is 2.19. The van der Waals surface area contributed by atoms with Crippen LogP contribution in [0.5, 0.6) is 0 Å². The molecule has 0 aliphatic rings. The van der Waals surface area contributed by atoms with E-state index in [0.29, 0.717) is 12.1 Å². The van der Waals surface area contributed by atoms with Gasteiger partial charge < -0.3 is 4.98 Å². The highest BCUT2D eigenvalue weighted by molar-refractivity contribution is 6.37. The lowest BCUT2D eigenvalue weighted by atomic mass is 10.1. The smallest absolute Gasteiger partial charge is 0.131 e. The standard InChI is InChI=1S/C12H31N3Si/c1-9(2)13-12(8,14-10(3)4)16-15-11(5,6)7/h9-10,13-15H,16H2,1-8H3. The van der Waals surface area contributed by atoms with Gasteiger partial charge in [0.05, 0.1) is 5.29 Å². The maximum Gasteiger partial charge on any atom is 0.131 e. The maximum absolute atomic E-state index is 3.69. The van der Waals surface area contributed by atoms with Gasteiger partial charge in [0.1, 0.15) is 9.68 Å². The van der Waals surface area contributed by atoms with Crippen LogP contribution < -0.4 is 15.6 Å². The third-order valence-corrected chi connectivity index (χ3v) is 4.54. The molecule has 0 radical (unpaired) electrons. The van der Waals surface area contributed by atoms with Gasteiger partial charge in [-0.2, -0.15) is 0 Å². The van der Waals surface area contributed by atoms with Gasteiger partial charge in [-0.1, -0.05) is 0 Å². The first-order valence-corrected chi connectivity index (χ1v) is 7.76. The Morgan fingerprint density at radius 3 is 1.44 bits per heavy atom. The lowest BCUT2D eigenvalue weighted by Crippen LogP contribution is -2.67. The third kappa shape index (κ3) is 8.27. The number of hydrogen-bond acceptors (Lipinski definition) is 3.